The topological polar surface area (TPSA) is 17.1 Å². The lowest BCUT2D eigenvalue weighted by molar-refractivity contribution is -0.131. The van der Waals surface area contributed by atoms with Gasteiger partial charge in [-0.25, -0.2) is 0 Å². The summed E-state index contributed by atoms with van der Waals surface area (Å²) in [5, 5.41) is 0. The zero-order valence-corrected chi connectivity index (χ0v) is 9.23. The molecule has 0 amide bonds. The van der Waals surface area contributed by atoms with Crippen molar-refractivity contribution in [3.63, 3.8) is 0 Å². The first-order valence-electron chi connectivity index (χ1n) is 5.64. The van der Waals surface area contributed by atoms with Gasteiger partial charge in [-0.3, -0.25) is 4.79 Å². The summed E-state index contributed by atoms with van der Waals surface area (Å²) in [6.07, 6.45) is 6.94. The lowest BCUT2D eigenvalue weighted by Crippen LogP contribution is -2.29. The molecule has 1 rings (SSSR count). The number of ketones is 1. The van der Waals surface area contributed by atoms with Gasteiger partial charge >= 0.3 is 0 Å². The second kappa shape index (κ2) is 4.26. The van der Waals surface area contributed by atoms with Crippen LogP contribution in [-0.4, -0.2) is 5.78 Å². The lowest BCUT2D eigenvalue weighted by atomic mass is 9.77. The molecular formula is C12H22O. The highest BCUT2D eigenvalue weighted by Crippen LogP contribution is 2.40. The van der Waals surface area contributed by atoms with Gasteiger partial charge in [-0.2, -0.15) is 0 Å². The van der Waals surface area contributed by atoms with E-state index in [4.69, 9.17) is 0 Å². The molecule has 1 heteroatoms. The van der Waals surface area contributed by atoms with E-state index in [0.717, 1.165) is 25.7 Å². The molecule has 1 aliphatic carbocycles. The Kier molecular flexibility index (Phi) is 3.52. The van der Waals surface area contributed by atoms with Crippen LogP contribution in [-0.2, 0) is 4.79 Å². The highest BCUT2D eigenvalue weighted by atomic mass is 16.1. The summed E-state index contributed by atoms with van der Waals surface area (Å²) >= 11 is 0. The van der Waals surface area contributed by atoms with Crippen molar-refractivity contribution in [3.8, 4) is 0 Å². The van der Waals surface area contributed by atoms with Crippen LogP contribution >= 0.6 is 0 Å². The molecule has 1 saturated carbocycles. The molecule has 0 aromatic heterocycles. The van der Waals surface area contributed by atoms with Crippen molar-refractivity contribution >= 4 is 5.78 Å². The fourth-order valence-corrected chi connectivity index (χ4v) is 2.56. The Labute approximate surface area is 81.9 Å². The molecule has 1 nitrogen and oxygen atoms in total. The highest BCUT2D eigenvalue weighted by Gasteiger charge is 2.37. The molecule has 1 atom stereocenters. The molecule has 0 N–H and O–H groups in total. The van der Waals surface area contributed by atoms with E-state index < -0.39 is 0 Å². The number of carbonyl (C=O) groups is 1. The average molecular weight is 182 g/mol. The van der Waals surface area contributed by atoms with Crippen molar-refractivity contribution in [2.24, 2.45) is 11.3 Å². The Morgan fingerprint density at radius 1 is 1.38 bits per heavy atom. The molecule has 1 unspecified atom stereocenters. The summed E-state index contributed by atoms with van der Waals surface area (Å²) in [5.41, 5.74) is 0.0363. The quantitative estimate of drug-likeness (QED) is 0.649. The van der Waals surface area contributed by atoms with Gasteiger partial charge in [0.15, 0.2) is 0 Å². The van der Waals surface area contributed by atoms with Crippen LogP contribution < -0.4 is 0 Å². The predicted molar refractivity (Wildman–Crippen MR) is 55.7 cm³/mol. The Balaban J connectivity index is 2.54. The van der Waals surface area contributed by atoms with E-state index in [1.54, 1.807) is 0 Å². The Bertz CT molecular complexity index is 178. The normalized spacial score (nSPS) is 23.0. The highest BCUT2D eigenvalue weighted by molar-refractivity contribution is 5.86. The van der Waals surface area contributed by atoms with Gasteiger partial charge in [0.1, 0.15) is 5.78 Å². The van der Waals surface area contributed by atoms with Gasteiger partial charge < -0.3 is 0 Å². The molecule has 0 bridgehead atoms. The van der Waals surface area contributed by atoms with E-state index in [9.17, 15) is 4.79 Å². The summed E-state index contributed by atoms with van der Waals surface area (Å²) in [6, 6.07) is 0. The van der Waals surface area contributed by atoms with Crippen molar-refractivity contribution in [1.29, 1.82) is 0 Å². The van der Waals surface area contributed by atoms with Gasteiger partial charge in [-0.05, 0) is 19.3 Å². The molecule has 1 aliphatic rings. The molecule has 1 fully saturated rings. The van der Waals surface area contributed by atoms with Gasteiger partial charge in [-0.15, -0.1) is 0 Å². The smallest absolute Gasteiger partial charge is 0.141 e. The third-order valence-corrected chi connectivity index (χ3v) is 3.47. The van der Waals surface area contributed by atoms with Crippen LogP contribution in [0.5, 0.6) is 0 Å². The number of rotatable bonds is 4. The minimum atomic E-state index is 0.0363. The van der Waals surface area contributed by atoms with Crippen LogP contribution in [0.25, 0.3) is 0 Å². The van der Waals surface area contributed by atoms with E-state index in [1.807, 2.05) is 0 Å². The van der Waals surface area contributed by atoms with Crippen molar-refractivity contribution in [2.75, 3.05) is 0 Å². The molecular weight excluding hydrogens is 160 g/mol. The third-order valence-electron chi connectivity index (χ3n) is 3.47. The van der Waals surface area contributed by atoms with Gasteiger partial charge in [0.25, 0.3) is 0 Å². The standard InChI is InChI=1S/C12H22O/c1-4-7-10(2)11(13)12(3)8-5-6-9-12/h10H,4-9H2,1-3H3. The Hall–Kier alpha value is -0.330. The lowest BCUT2D eigenvalue weighted by Gasteiger charge is -2.25. The molecule has 0 aromatic carbocycles. The molecule has 0 saturated heterocycles. The van der Waals surface area contributed by atoms with E-state index in [2.05, 4.69) is 20.8 Å². The molecule has 0 aliphatic heterocycles. The molecule has 13 heavy (non-hydrogen) atoms. The van der Waals surface area contributed by atoms with Crippen LogP contribution in [0.4, 0.5) is 0 Å². The minimum absolute atomic E-state index is 0.0363. The zero-order chi connectivity index (χ0) is 9.90. The van der Waals surface area contributed by atoms with Crippen LogP contribution in [0.2, 0.25) is 0 Å². The van der Waals surface area contributed by atoms with Crippen LogP contribution in [0, 0.1) is 11.3 Å². The number of hydrogen-bond donors (Lipinski definition) is 0. The van der Waals surface area contributed by atoms with Crippen LogP contribution in [0.1, 0.15) is 59.3 Å². The Morgan fingerprint density at radius 3 is 2.38 bits per heavy atom. The fraction of sp³-hybridized carbons (Fsp3) is 0.917. The summed E-state index contributed by atoms with van der Waals surface area (Å²) in [6.45, 7) is 6.41. The second-order valence-electron chi connectivity index (χ2n) is 4.82. The van der Waals surface area contributed by atoms with E-state index in [0.29, 0.717) is 5.78 Å². The van der Waals surface area contributed by atoms with Gasteiger partial charge in [-0.1, -0.05) is 40.0 Å². The first-order valence-corrected chi connectivity index (χ1v) is 5.64. The Morgan fingerprint density at radius 2 is 1.92 bits per heavy atom. The summed E-state index contributed by atoms with van der Waals surface area (Å²) in [5.74, 6) is 0.806. The van der Waals surface area contributed by atoms with Gasteiger partial charge in [0.05, 0.1) is 0 Å². The molecule has 0 aromatic rings. The SMILES string of the molecule is CCCC(C)C(=O)C1(C)CCCC1. The van der Waals surface area contributed by atoms with Crippen molar-refractivity contribution in [3.05, 3.63) is 0 Å². The molecule has 0 radical (unpaired) electrons. The van der Waals surface area contributed by atoms with Crippen LogP contribution in [0.15, 0.2) is 0 Å². The van der Waals surface area contributed by atoms with E-state index in [-0.39, 0.29) is 11.3 Å². The maximum absolute atomic E-state index is 12.1. The first-order chi connectivity index (χ1) is 6.10. The molecule has 0 spiro atoms. The van der Waals surface area contributed by atoms with Crippen molar-refractivity contribution < 1.29 is 4.79 Å². The van der Waals surface area contributed by atoms with E-state index >= 15 is 0 Å². The third kappa shape index (κ3) is 2.32. The largest absolute Gasteiger partial charge is 0.299 e. The number of carbonyl (C=O) groups excluding carboxylic acids is 1. The van der Waals surface area contributed by atoms with Crippen molar-refractivity contribution in [2.45, 2.75) is 59.3 Å². The summed E-state index contributed by atoms with van der Waals surface area (Å²) in [4.78, 5) is 12.1. The second-order valence-corrected chi connectivity index (χ2v) is 4.82. The van der Waals surface area contributed by atoms with Gasteiger partial charge in [0.2, 0.25) is 0 Å². The number of Topliss-reactive ketones (excluding diaryl/α,β-unsaturated/α-hetero) is 1. The van der Waals surface area contributed by atoms with Crippen LogP contribution in [0.3, 0.4) is 0 Å². The predicted octanol–water partition coefficient (Wildman–Crippen LogP) is 3.57. The summed E-state index contributed by atoms with van der Waals surface area (Å²) < 4.78 is 0. The first kappa shape index (κ1) is 10.7. The van der Waals surface area contributed by atoms with Gasteiger partial charge in [0, 0.05) is 11.3 Å². The zero-order valence-electron chi connectivity index (χ0n) is 9.23. The molecule has 0 heterocycles. The fourth-order valence-electron chi connectivity index (χ4n) is 2.56. The molecule has 76 valence electrons. The van der Waals surface area contributed by atoms with E-state index in [1.165, 1.54) is 12.8 Å². The maximum Gasteiger partial charge on any atom is 0.141 e. The van der Waals surface area contributed by atoms with Crippen molar-refractivity contribution in [1.82, 2.24) is 0 Å². The maximum atomic E-state index is 12.1. The summed E-state index contributed by atoms with van der Waals surface area (Å²) in [7, 11) is 0. The average Bonchev–Trinajstić information content (AvgIpc) is 2.52. The number of hydrogen-bond acceptors (Lipinski definition) is 1. The minimum Gasteiger partial charge on any atom is -0.299 e. The monoisotopic (exact) mass is 182 g/mol.